The first-order valence-electron chi connectivity index (χ1n) is 8.65. The first-order valence-corrected chi connectivity index (χ1v) is 8.65. The lowest BCUT2D eigenvalue weighted by atomic mass is 9.68. The van der Waals surface area contributed by atoms with E-state index in [0.29, 0.717) is 0 Å². The van der Waals surface area contributed by atoms with E-state index in [1.54, 1.807) is 5.92 Å². The molecular weight excluding hydrogens is 252 g/mol. The van der Waals surface area contributed by atoms with Crippen molar-refractivity contribution in [2.75, 3.05) is 0 Å². The normalized spacial score (nSPS) is 23.3. The average molecular weight is 280 g/mol. The van der Waals surface area contributed by atoms with Crippen molar-refractivity contribution in [3.8, 4) is 0 Å². The number of rotatable bonds is 3. The fourth-order valence-electron chi connectivity index (χ4n) is 4.11. The largest absolute Gasteiger partial charge is 0.103 e. The summed E-state index contributed by atoms with van der Waals surface area (Å²) in [5.41, 5.74) is 2.85. The Balaban J connectivity index is 1.51. The van der Waals surface area contributed by atoms with E-state index in [9.17, 15) is 0 Å². The van der Waals surface area contributed by atoms with Crippen molar-refractivity contribution in [1.29, 1.82) is 0 Å². The molecule has 2 aliphatic carbocycles. The zero-order valence-corrected chi connectivity index (χ0v) is 13.4. The van der Waals surface area contributed by atoms with Crippen molar-refractivity contribution in [3.63, 3.8) is 0 Å². The molecule has 2 radical (unpaired) electrons. The average Bonchev–Trinajstić information content (AvgIpc) is 2.56. The second-order valence-electron chi connectivity index (χ2n) is 6.98. The molecule has 0 spiro atoms. The summed E-state index contributed by atoms with van der Waals surface area (Å²) >= 11 is 0. The molecule has 0 heteroatoms. The molecule has 0 aromatic heterocycles. The van der Waals surface area contributed by atoms with Crippen LogP contribution in [0.3, 0.4) is 0 Å². The van der Waals surface area contributed by atoms with Gasteiger partial charge in [0.2, 0.25) is 0 Å². The monoisotopic (exact) mass is 280 g/mol. The smallest absolute Gasteiger partial charge is 0.00500 e. The van der Waals surface area contributed by atoms with Crippen LogP contribution in [0, 0.1) is 30.6 Å². The fraction of sp³-hybridized carbons (Fsp3) is 0.524. The predicted octanol–water partition coefficient (Wildman–Crippen LogP) is 6.06. The van der Waals surface area contributed by atoms with Crippen molar-refractivity contribution in [2.24, 2.45) is 11.8 Å². The van der Waals surface area contributed by atoms with Crippen LogP contribution in [-0.4, -0.2) is 0 Å². The molecule has 21 heavy (non-hydrogen) atoms. The molecule has 0 heterocycles. The Hall–Kier alpha value is -1.04. The molecule has 0 saturated heterocycles. The molecule has 1 aromatic rings. The number of aryl methyl sites for hydroxylation is 1. The Kier molecular flexibility index (Phi) is 4.83. The second kappa shape index (κ2) is 6.81. The summed E-state index contributed by atoms with van der Waals surface area (Å²) in [6.07, 6.45) is 13.0. The minimum Gasteiger partial charge on any atom is -0.103 e. The van der Waals surface area contributed by atoms with E-state index < -0.39 is 0 Å². The molecule has 112 valence electrons. The van der Waals surface area contributed by atoms with Gasteiger partial charge in [0.05, 0.1) is 0 Å². The lowest BCUT2D eigenvalue weighted by Crippen LogP contribution is -2.23. The summed E-state index contributed by atoms with van der Waals surface area (Å²) < 4.78 is 0. The van der Waals surface area contributed by atoms with Crippen molar-refractivity contribution in [1.82, 2.24) is 0 Å². The summed E-state index contributed by atoms with van der Waals surface area (Å²) in [5, 5.41) is 0. The molecule has 0 atom stereocenters. The molecule has 3 rings (SSSR count). The van der Waals surface area contributed by atoms with Gasteiger partial charge in [-0.2, -0.15) is 0 Å². The van der Waals surface area contributed by atoms with E-state index in [1.165, 1.54) is 62.5 Å². The third-order valence-corrected chi connectivity index (χ3v) is 5.63. The van der Waals surface area contributed by atoms with Crippen LogP contribution < -0.4 is 0 Å². The number of hydrogen-bond acceptors (Lipinski definition) is 0. The van der Waals surface area contributed by atoms with Crippen LogP contribution in [0.4, 0.5) is 0 Å². The van der Waals surface area contributed by atoms with Gasteiger partial charge in [0.25, 0.3) is 0 Å². The zero-order valence-electron chi connectivity index (χ0n) is 13.4. The summed E-state index contributed by atoms with van der Waals surface area (Å²) in [5.74, 6) is 5.25. The zero-order chi connectivity index (χ0) is 14.7. The van der Waals surface area contributed by atoms with Crippen molar-refractivity contribution >= 4 is 0 Å². The van der Waals surface area contributed by atoms with Crippen LogP contribution in [0.5, 0.6) is 0 Å². The molecule has 1 aromatic carbocycles. The minimum absolute atomic E-state index is 0.784. The van der Waals surface area contributed by atoms with E-state index >= 15 is 0 Å². The van der Waals surface area contributed by atoms with Crippen LogP contribution in [-0.2, 0) is 0 Å². The molecular formula is C21H28. The lowest BCUT2D eigenvalue weighted by Gasteiger charge is -2.37. The fourth-order valence-corrected chi connectivity index (χ4v) is 4.11. The van der Waals surface area contributed by atoms with Gasteiger partial charge < -0.3 is 0 Å². The van der Waals surface area contributed by atoms with Crippen molar-refractivity contribution < 1.29 is 0 Å². The summed E-state index contributed by atoms with van der Waals surface area (Å²) in [4.78, 5) is 0. The van der Waals surface area contributed by atoms with Crippen molar-refractivity contribution in [3.05, 3.63) is 59.9 Å². The van der Waals surface area contributed by atoms with Gasteiger partial charge in [0.1, 0.15) is 0 Å². The molecule has 2 fully saturated rings. The van der Waals surface area contributed by atoms with Gasteiger partial charge in [0.15, 0.2) is 0 Å². The van der Waals surface area contributed by atoms with Gasteiger partial charge in [0, 0.05) is 5.92 Å². The highest BCUT2D eigenvalue weighted by molar-refractivity contribution is 5.33. The number of benzene rings is 1. The Morgan fingerprint density at radius 1 is 0.905 bits per heavy atom. The third kappa shape index (κ3) is 3.59. The van der Waals surface area contributed by atoms with Crippen LogP contribution in [0.25, 0.3) is 0 Å². The van der Waals surface area contributed by atoms with Gasteiger partial charge in [-0.15, -0.1) is 6.58 Å². The third-order valence-electron chi connectivity index (χ3n) is 5.63. The highest BCUT2D eigenvalue weighted by atomic mass is 14.4. The molecule has 0 nitrogen and oxygen atoms in total. The van der Waals surface area contributed by atoms with Crippen LogP contribution in [0.2, 0.25) is 0 Å². The number of allylic oxidation sites excluding steroid dienone is 1. The molecule has 0 unspecified atom stereocenters. The predicted molar refractivity (Wildman–Crippen MR) is 90.9 cm³/mol. The van der Waals surface area contributed by atoms with Gasteiger partial charge in [-0.05, 0) is 81.6 Å². The standard InChI is InChI=1S/C21H28/c1-3-17-6-10-19(11-7-17)21-14-12-20(13-15-21)18-8-4-16(2)5-9-18/h3-5,8-9,17,21H,1,6-7,10-15H2,2H3. The SMILES string of the molecule is C=CC1CC[C](C2CC[C](c3ccc(C)cc3)CC2)CC1. The van der Waals surface area contributed by atoms with E-state index in [2.05, 4.69) is 43.8 Å². The maximum Gasteiger partial charge on any atom is 0.00500 e. The quantitative estimate of drug-likeness (QED) is 0.590. The molecule has 2 aliphatic rings. The molecule has 0 aliphatic heterocycles. The molecule has 0 bridgehead atoms. The first kappa shape index (κ1) is 14.9. The van der Waals surface area contributed by atoms with Gasteiger partial charge in [-0.1, -0.05) is 35.9 Å². The van der Waals surface area contributed by atoms with Gasteiger partial charge in [-0.25, -0.2) is 0 Å². The molecule has 0 N–H and O–H groups in total. The second-order valence-corrected chi connectivity index (χ2v) is 6.98. The summed E-state index contributed by atoms with van der Waals surface area (Å²) in [6.45, 7) is 6.13. The Bertz CT molecular complexity index is 439. The first-order chi connectivity index (χ1) is 10.3. The molecule has 2 saturated carbocycles. The van der Waals surface area contributed by atoms with E-state index in [0.717, 1.165) is 11.8 Å². The van der Waals surface area contributed by atoms with E-state index in [4.69, 9.17) is 0 Å². The highest BCUT2D eigenvalue weighted by Gasteiger charge is 2.31. The topological polar surface area (TPSA) is 0 Å². The minimum atomic E-state index is 0.784. The Morgan fingerprint density at radius 3 is 2.10 bits per heavy atom. The highest BCUT2D eigenvalue weighted by Crippen LogP contribution is 2.44. The maximum absolute atomic E-state index is 3.96. The number of hydrogen-bond donors (Lipinski definition) is 0. The summed E-state index contributed by atoms with van der Waals surface area (Å²) in [6, 6.07) is 9.13. The maximum atomic E-state index is 3.96. The summed E-state index contributed by atoms with van der Waals surface area (Å²) in [7, 11) is 0. The molecule has 0 amide bonds. The van der Waals surface area contributed by atoms with Crippen LogP contribution in [0.15, 0.2) is 36.9 Å². The lowest BCUT2D eigenvalue weighted by molar-refractivity contribution is 0.319. The Labute approximate surface area is 130 Å². The van der Waals surface area contributed by atoms with Gasteiger partial charge in [-0.3, -0.25) is 0 Å². The van der Waals surface area contributed by atoms with Crippen LogP contribution >= 0.6 is 0 Å². The van der Waals surface area contributed by atoms with E-state index in [1.807, 2.05) is 5.92 Å². The van der Waals surface area contributed by atoms with Crippen LogP contribution in [0.1, 0.15) is 62.5 Å². The van der Waals surface area contributed by atoms with Gasteiger partial charge >= 0.3 is 0 Å². The Morgan fingerprint density at radius 2 is 1.52 bits per heavy atom. The van der Waals surface area contributed by atoms with E-state index in [-0.39, 0.29) is 0 Å². The van der Waals surface area contributed by atoms with Crippen molar-refractivity contribution in [2.45, 2.75) is 58.3 Å².